The minimum Gasteiger partial charge on any atom is -0.254 e. The van der Waals surface area contributed by atoms with E-state index in [2.05, 4.69) is 39.6 Å². The number of thiophene rings is 1. The van der Waals surface area contributed by atoms with E-state index in [1.807, 2.05) is 30.6 Å². The zero-order valence-electron chi connectivity index (χ0n) is 10.1. The fourth-order valence-corrected chi connectivity index (χ4v) is 3.09. The summed E-state index contributed by atoms with van der Waals surface area (Å²) in [6, 6.07) is 14.5. The van der Waals surface area contributed by atoms with Gasteiger partial charge in [0, 0.05) is 27.9 Å². The number of nitrogens with zero attached hydrogens (tertiary/aromatic N) is 2. The molecule has 0 radical (unpaired) electrons. The lowest BCUT2D eigenvalue weighted by molar-refractivity contribution is 1.28. The molecule has 0 aliphatic carbocycles. The van der Waals surface area contributed by atoms with Crippen LogP contribution in [0.4, 0.5) is 0 Å². The maximum absolute atomic E-state index is 4.55. The van der Waals surface area contributed by atoms with E-state index in [4.69, 9.17) is 0 Å². The number of hydrogen-bond donors (Lipinski definition) is 0. The van der Waals surface area contributed by atoms with Crippen molar-refractivity contribution in [3.05, 3.63) is 60.2 Å². The standard InChI is InChI=1S/C16H10N2S/c1-2-4-12-10-18-14(9-11(12)3-1)16-13-6-8-19-15(13)5-7-17-16/h1-10H. The van der Waals surface area contributed by atoms with Gasteiger partial charge in [-0.2, -0.15) is 0 Å². The molecule has 3 aromatic heterocycles. The number of fused-ring (bicyclic) bond motifs is 2. The topological polar surface area (TPSA) is 25.8 Å². The van der Waals surface area contributed by atoms with Crippen LogP contribution in [-0.2, 0) is 0 Å². The van der Waals surface area contributed by atoms with Crippen LogP contribution in [-0.4, -0.2) is 9.97 Å². The van der Waals surface area contributed by atoms with Gasteiger partial charge in [0.05, 0.1) is 11.4 Å². The Morgan fingerprint density at radius 1 is 0.895 bits per heavy atom. The quantitative estimate of drug-likeness (QED) is 0.504. The van der Waals surface area contributed by atoms with Gasteiger partial charge < -0.3 is 0 Å². The van der Waals surface area contributed by atoms with Gasteiger partial charge >= 0.3 is 0 Å². The van der Waals surface area contributed by atoms with Gasteiger partial charge in [-0.25, -0.2) is 0 Å². The number of rotatable bonds is 1. The lowest BCUT2D eigenvalue weighted by Crippen LogP contribution is -1.87. The molecule has 4 aromatic rings. The maximum Gasteiger partial charge on any atom is 0.0973 e. The summed E-state index contributed by atoms with van der Waals surface area (Å²) < 4.78 is 1.25. The minimum atomic E-state index is 0.933. The molecule has 0 aliphatic heterocycles. The average molecular weight is 262 g/mol. The minimum absolute atomic E-state index is 0.933. The predicted octanol–water partition coefficient (Wildman–Crippen LogP) is 4.51. The summed E-state index contributed by atoms with van der Waals surface area (Å²) in [5.74, 6) is 0. The summed E-state index contributed by atoms with van der Waals surface area (Å²) in [5, 5.41) is 5.62. The van der Waals surface area contributed by atoms with E-state index in [9.17, 15) is 0 Å². The van der Waals surface area contributed by atoms with E-state index in [0.717, 1.165) is 16.8 Å². The Morgan fingerprint density at radius 2 is 1.79 bits per heavy atom. The highest BCUT2D eigenvalue weighted by Crippen LogP contribution is 2.29. The van der Waals surface area contributed by atoms with Gasteiger partial charge in [-0.05, 0) is 29.0 Å². The van der Waals surface area contributed by atoms with E-state index in [-0.39, 0.29) is 0 Å². The van der Waals surface area contributed by atoms with Gasteiger partial charge in [-0.15, -0.1) is 11.3 Å². The first-order valence-electron chi connectivity index (χ1n) is 6.09. The number of hydrogen-bond acceptors (Lipinski definition) is 3. The Morgan fingerprint density at radius 3 is 2.74 bits per heavy atom. The Balaban J connectivity index is 2.01. The van der Waals surface area contributed by atoms with Crippen molar-refractivity contribution in [3.8, 4) is 11.4 Å². The summed E-state index contributed by atoms with van der Waals surface area (Å²) in [6.45, 7) is 0. The van der Waals surface area contributed by atoms with E-state index in [1.165, 1.54) is 15.5 Å². The normalized spacial score (nSPS) is 11.2. The molecule has 3 heterocycles. The van der Waals surface area contributed by atoms with Crippen molar-refractivity contribution in [3.63, 3.8) is 0 Å². The first kappa shape index (κ1) is 10.6. The molecule has 0 unspecified atom stereocenters. The van der Waals surface area contributed by atoms with Crippen LogP contribution < -0.4 is 0 Å². The van der Waals surface area contributed by atoms with Crippen molar-refractivity contribution in [2.45, 2.75) is 0 Å². The van der Waals surface area contributed by atoms with Crippen molar-refractivity contribution in [2.75, 3.05) is 0 Å². The molecule has 90 valence electrons. The van der Waals surface area contributed by atoms with Crippen LogP contribution in [0.2, 0.25) is 0 Å². The Bertz CT molecular complexity index is 880. The second-order valence-electron chi connectivity index (χ2n) is 4.41. The highest BCUT2D eigenvalue weighted by atomic mass is 32.1. The fourth-order valence-electron chi connectivity index (χ4n) is 2.31. The summed E-state index contributed by atoms with van der Waals surface area (Å²) in [6.07, 6.45) is 3.77. The van der Waals surface area contributed by atoms with Gasteiger partial charge in [0.25, 0.3) is 0 Å². The molecule has 0 saturated heterocycles. The third kappa shape index (κ3) is 1.71. The van der Waals surface area contributed by atoms with Gasteiger partial charge in [0.15, 0.2) is 0 Å². The largest absolute Gasteiger partial charge is 0.254 e. The molecule has 0 bridgehead atoms. The SMILES string of the molecule is c1ccc2cc(-c3nccc4sccc34)ncc2c1. The summed E-state index contributed by atoms with van der Waals surface area (Å²) in [4.78, 5) is 9.05. The number of aromatic nitrogens is 2. The molecule has 0 atom stereocenters. The summed E-state index contributed by atoms with van der Waals surface area (Å²) in [5.41, 5.74) is 1.90. The molecule has 0 saturated carbocycles. The molecule has 0 aliphatic rings. The van der Waals surface area contributed by atoms with Crippen LogP contribution in [0.25, 0.3) is 32.2 Å². The highest BCUT2D eigenvalue weighted by molar-refractivity contribution is 7.17. The van der Waals surface area contributed by atoms with E-state index in [0.29, 0.717) is 0 Å². The first-order valence-corrected chi connectivity index (χ1v) is 6.97. The smallest absolute Gasteiger partial charge is 0.0973 e. The Kier molecular flexibility index (Phi) is 2.32. The molecule has 19 heavy (non-hydrogen) atoms. The molecule has 0 fully saturated rings. The average Bonchev–Trinajstić information content (AvgIpc) is 2.95. The zero-order chi connectivity index (χ0) is 12.7. The molecular formula is C16H10N2S. The monoisotopic (exact) mass is 262 g/mol. The van der Waals surface area contributed by atoms with Crippen molar-refractivity contribution >= 4 is 32.2 Å². The third-order valence-corrected chi connectivity index (χ3v) is 4.14. The van der Waals surface area contributed by atoms with Crippen LogP contribution in [0, 0.1) is 0 Å². The maximum atomic E-state index is 4.55. The number of pyridine rings is 2. The molecule has 0 N–H and O–H groups in total. The summed E-state index contributed by atoms with van der Waals surface area (Å²) in [7, 11) is 0. The van der Waals surface area contributed by atoms with E-state index >= 15 is 0 Å². The fraction of sp³-hybridized carbons (Fsp3) is 0. The van der Waals surface area contributed by atoms with Crippen molar-refractivity contribution in [1.29, 1.82) is 0 Å². The third-order valence-electron chi connectivity index (χ3n) is 3.25. The number of benzene rings is 1. The van der Waals surface area contributed by atoms with Crippen LogP contribution >= 0.6 is 11.3 Å². The van der Waals surface area contributed by atoms with Crippen molar-refractivity contribution < 1.29 is 0 Å². The van der Waals surface area contributed by atoms with Gasteiger partial charge in [-0.1, -0.05) is 24.3 Å². The van der Waals surface area contributed by atoms with Crippen LogP contribution in [0.1, 0.15) is 0 Å². The Labute approximate surface area is 114 Å². The lowest BCUT2D eigenvalue weighted by atomic mass is 10.1. The van der Waals surface area contributed by atoms with E-state index in [1.54, 1.807) is 11.3 Å². The molecule has 0 amide bonds. The van der Waals surface area contributed by atoms with Crippen LogP contribution in [0.15, 0.2) is 60.2 Å². The van der Waals surface area contributed by atoms with Gasteiger partial charge in [0.2, 0.25) is 0 Å². The Hall–Kier alpha value is -2.26. The second-order valence-corrected chi connectivity index (χ2v) is 5.36. The predicted molar refractivity (Wildman–Crippen MR) is 80.4 cm³/mol. The van der Waals surface area contributed by atoms with Crippen molar-refractivity contribution in [2.24, 2.45) is 0 Å². The molecular weight excluding hydrogens is 252 g/mol. The molecule has 3 heteroatoms. The van der Waals surface area contributed by atoms with Gasteiger partial charge in [0.1, 0.15) is 0 Å². The first-order chi connectivity index (χ1) is 9.42. The van der Waals surface area contributed by atoms with E-state index < -0.39 is 0 Å². The summed E-state index contributed by atoms with van der Waals surface area (Å²) >= 11 is 1.73. The van der Waals surface area contributed by atoms with Gasteiger partial charge in [-0.3, -0.25) is 9.97 Å². The zero-order valence-corrected chi connectivity index (χ0v) is 10.9. The van der Waals surface area contributed by atoms with Crippen molar-refractivity contribution in [1.82, 2.24) is 9.97 Å². The molecule has 1 aromatic carbocycles. The van der Waals surface area contributed by atoms with Crippen LogP contribution in [0.5, 0.6) is 0 Å². The highest BCUT2D eigenvalue weighted by Gasteiger charge is 2.07. The molecule has 0 spiro atoms. The molecule has 2 nitrogen and oxygen atoms in total. The second kappa shape index (κ2) is 4.14. The van der Waals surface area contributed by atoms with Crippen LogP contribution in [0.3, 0.4) is 0 Å². The molecule has 4 rings (SSSR count). The lowest BCUT2D eigenvalue weighted by Gasteiger charge is -2.03.